The molecule has 0 spiro atoms. The molecule has 4 N–H and O–H groups in total. The van der Waals surface area contributed by atoms with Crippen LogP contribution < -0.4 is 26.3 Å². The third-order valence-corrected chi connectivity index (χ3v) is 16.3. The number of benzene rings is 1. The molecule has 84 heavy (non-hydrogen) atoms. The largest absolute Gasteiger partial charge is 0.756 e. The number of anilines is 1. The molecule has 3 heterocycles. The Labute approximate surface area is 492 Å². The van der Waals surface area contributed by atoms with Gasteiger partial charge in [-0.2, -0.15) is 0 Å². The van der Waals surface area contributed by atoms with Crippen LogP contribution in [0.25, 0.3) is 10.9 Å². The van der Waals surface area contributed by atoms with E-state index in [-0.39, 0.29) is 118 Å². The summed E-state index contributed by atoms with van der Waals surface area (Å²) >= 11 is 1.44. The van der Waals surface area contributed by atoms with Crippen molar-refractivity contribution in [2.45, 2.75) is 166 Å². The van der Waals surface area contributed by atoms with Gasteiger partial charge in [-0.05, 0) is 114 Å². The van der Waals surface area contributed by atoms with Gasteiger partial charge in [-0.25, -0.2) is 9.18 Å². The SMILES string of the molecule is CC(=O)N([O-])CCCCCNC(=O)CCC(=O)N([O-])CCCCCNC(=O)CCC(=O)N([O-])CCCCCNC(=O)CCCCN1C(=O)CC(SCCCCCC(=O)N2CCN(c3cc4c(cc3F)c(=O)c(C(=O)O)cn4C3CC3)CC2)C1=O. The van der Waals surface area contributed by atoms with Gasteiger partial charge in [0.05, 0.1) is 16.5 Å². The fraction of sp³-hybridized carbons (Fsp3) is 0.667. The number of rotatable bonds is 39. The van der Waals surface area contributed by atoms with Crippen LogP contribution in [0.4, 0.5) is 10.1 Å². The second-order valence-corrected chi connectivity index (χ2v) is 22.9. The second-order valence-electron chi connectivity index (χ2n) is 21.6. The number of halogens is 1. The minimum absolute atomic E-state index is 0.00331. The van der Waals surface area contributed by atoms with E-state index in [1.54, 1.807) is 15.5 Å². The third kappa shape index (κ3) is 22.7. The Morgan fingerprint density at radius 2 is 1.17 bits per heavy atom. The van der Waals surface area contributed by atoms with Gasteiger partial charge in [0.1, 0.15) is 11.4 Å². The van der Waals surface area contributed by atoms with E-state index in [4.69, 9.17) is 0 Å². The van der Waals surface area contributed by atoms with E-state index >= 15 is 4.39 Å². The molecule has 1 aromatic carbocycles. The first-order valence-electron chi connectivity index (χ1n) is 29.6. The van der Waals surface area contributed by atoms with Crippen LogP contribution in [0.5, 0.6) is 0 Å². The molecule has 2 aromatic rings. The van der Waals surface area contributed by atoms with Crippen molar-refractivity contribution in [2.24, 2.45) is 0 Å². The summed E-state index contributed by atoms with van der Waals surface area (Å²) in [5.41, 5.74) is -0.306. The van der Waals surface area contributed by atoms with E-state index in [0.29, 0.717) is 155 Å². The minimum Gasteiger partial charge on any atom is -0.756 e. The zero-order valence-corrected chi connectivity index (χ0v) is 49.0. The topological polar surface area (TPSA) is 338 Å². The molecule has 2 saturated heterocycles. The Morgan fingerprint density at radius 1 is 0.643 bits per heavy atom. The van der Waals surface area contributed by atoms with Gasteiger partial charge in [-0.1, -0.05) is 6.42 Å². The normalized spacial score (nSPS) is 15.1. The fourth-order valence-electron chi connectivity index (χ4n) is 9.83. The fourth-order valence-corrected chi connectivity index (χ4v) is 11.0. The van der Waals surface area contributed by atoms with Crippen molar-refractivity contribution in [3.05, 3.63) is 55.6 Å². The number of nitrogens with zero attached hydrogens (tertiary/aromatic N) is 7. The van der Waals surface area contributed by atoms with E-state index in [1.165, 1.54) is 29.8 Å². The smallest absolute Gasteiger partial charge is 0.341 e. The monoisotopic (exact) mass is 1200 g/mol. The van der Waals surface area contributed by atoms with Crippen molar-refractivity contribution in [1.29, 1.82) is 0 Å². The highest BCUT2D eigenvalue weighted by Gasteiger charge is 2.38. The van der Waals surface area contributed by atoms with Gasteiger partial charge in [0.25, 0.3) is 0 Å². The van der Waals surface area contributed by atoms with Crippen LogP contribution in [0.1, 0.15) is 171 Å². The molecule has 9 amide bonds. The Balaban J connectivity index is 0.800. The lowest BCUT2D eigenvalue weighted by atomic mass is 10.1. The van der Waals surface area contributed by atoms with Crippen LogP contribution in [0.15, 0.2) is 23.1 Å². The second kappa shape index (κ2) is 35.6. The van der Waals surface area contributed by atoms with Crippen molar-refractivity contribution >= 4 is 87.5 Å². The number of carboxylic acid groups (broad SMARTS) is 1. The molecule has 1 aliphatic carbocycles. The van der Waals surface area contributed by atoms with Crippen LogP contribution in [-0.4, -0.2) is 177 Å². The Morgan fingerprint density at radius 3 is 1.70 bits per heavy atom. The average molecular weight is 1200 g/mol. The lowest BCUT2D eigenvalue weighted by Crippen LogP contribution is -2.49. The molecule has 3 fully saturated rings. The molecular formula is C57H82FN10O15S-3. The average Bonchev–Trinajstić information content (AvgIpc) is 1.89. The third-order valence-electron chi connectivity index (χ3n) is 15.0. The first kappa shape index (κ1) is 68.1. The molecule has 1 unspecified atom stereocenters. The Hall–Kier alpha value is -6.71. The van der Waals surface area contributed by atoms with E-state index in [1.807, 2.05) is 4.90 Å². The first-order chi connectivity index (χ1) is 40.2. The summed E-state index contributed by atoms with van der Waals surface area (Å²) < 4.78 is 17.2. The number of nitrogens with one attached hydrogen (secondary N) is 3. The van der Waals surface area contributed by atoms with Crippen molar-refractivity contribution in [3.63, 3.8) is 0 Å². The number of hydrogen-bond donors (Lipinski definition) is 4. The molecule has 5 rings (SSSR count). The van der Waals surface area contributed by atoms with Gasteiger partial charge in [-0.15, -0.1) is 11.8 Å². The van der Waals surface area contributed by atoms with Gasteiger partial charge < -0.3 is 66.2 Å². The summed E-state index contributed by atoms with van der Waals surface area (Å²) in [6.45, 7) is 4.00. The van der Waals surface area contributed by atoms with Crippen LogP contribution >= 0.6 is 11.8 Å². The molecule has 0 bridgehead atoms. The van der Waals surface area contributed by atoms with Crippen molar-refractivity contribution in [2.75, 3.05) is 82.6 Å². The molecule has 27 heteroatoms. The zero-order valence-electron chi connectivity index (χ0n) is 48.2. The molecule has 3 aliphatic rings. The Bertz CT molecular complexity index is 2670. The number of likely N-dealkylation sites (tertiary alicyclic amines) is 1. The number of hydroxylamine groups is 6. The number of hydrogen-bond acceptors (Lipinski definition) is 16. The quantitative estimate of drug-likeness (QED) is 0.0395. The number of imide groups is 1. The number of aromatic nitrogens is 1. The zero-order chi connectivity index (χ0) is 61.1. The predicted octanol–water partition coefficient (Wildman–Crippen LogP) is 4.83. The summed E-state index contributed by atoms with van der Waals surface area (Å²) in [4.78, 5) is 140. The number of unbranched alkanes of at least 4 members (excludes halogenated alkanes) is 9. The number of carbonyl (C=O) groups excluding carboxylic acids is 9. The molecule has 25 nitrogen and oxygen atoms in total. The number of carboxylic acids is 1. The number of pyridine rings is 1. The summed E-state index contributed by atoms with van der Waals surface area (Å²) in [6, 6.07) is 2.79. The standard InChI is InChI=1S/C57H82FN10O15S/c1-40(69)66(81)28-11-3-8-25-60-49(71)20-22-53(75)68(83)30-13-5-10-26-61-50(72)21-23-52(74)67(82)29-12-4-9-24-59-48(70)16-7-14-27-64-54(76)38-47(56(64)78)84-35-15-2-6-17-51(73)63-33-31-62(32-34-63)46-37-45-42(36-44(46)58)55(77)43(57(79)80)39-65(45)41-18-19-41/h36-37,39,41,47H,2-35,38H2,1H3,(H,59,70)(H,60,71)(H,61,72)(H,79,80)/q-3. The molecule has 1 saturated carbocycles. The van der Waals surface area contributed by atoms with Gasteiger partial charge in [-0.3, -0.25) is 52.8 Å². The number of thioether (sulfide) groups is 1. The minimum atomic E-state index is -1.35. The summed E-state index contributed by atoms with van der Waals surface area (Å²) in [5.74, 6) is -4.70. The van der Waals surface area contributed by atoms with E-state index in [2.05, 4.69) is 16.0 Å². The molecule has 466 valence electrons. The number of fused-ring (bicyclic) bond motifs is 1. The maximum Gasteiger partial charge on any atom is 0.341 e. The molecule has 2 aliphatic heterocycles. The Kier molecular flexibility index (Phi) is 28.8. The van der Waals surface area contributed by atoms with E-state index in [9.17, 15) is 73.5 Å². The summed E-state index contributed by atoms with van der Waals surface area (Å²) in [6.07, 6.45) is 10.8. The highest BCUT2D eigenvalue weighted by molar-refractivity contribution is 8.00. The lowest BCUT2D eigenvalue weighted by Gasteiger charge is -2.36. The first-order valence-corrected chi connectivity index (χ1v) is 30.6. The van der Waals surface area contributed by atoms with Crippen LogP contribution in [-0.2, 0) is 43.2 Å². The number of amides is 9. The molecule has 0 radical (unpaired) electrons. The van der Waals surface area contributed by atoms with Crippen molar-refractivity contribution in [1.82, 2.24) is 45.5 Å². The number of aromatic carboxylic acids is 1. The highest BCUT2D eigenvalue weighted by atomic mass is 32.2. The van der Waals surface area contributed by atoms with Crippen LogP contribution in [0, 0.1) is 21.4 Å². The highest BCUT2D eigenvalue weighted by Crippen LogP contribution is 2.38. The lowest BCUT2D eigenvalue weighted by molar-refractivity contribution is -0.138. The molecular weight excluding hydrogens is 1120 g/mol. The van der Waals surface area contributed by atoms with Crippen molar-refractivity contribution < 1.29 is 57.4 Å². The summed E-state index contributed by atoms with van der Waals surface area (Å²) in [5, 5.41) is 53.8. The predicted molar refractivity (Wildman–Crippen MR) is 312 cm³/mol. The van der Waals surface area contributed by atoms with Crippen LogP contribution in [0.2, 0.25) is 0 Å². The van der Waals surface area contributed by atoms with Gasteiger partial charge >= 0.3 is 5.97 Å². The van der Waals surface area contributed by atoms with Crippen molar-refractivity contribution in [3.8, 4) is 0 Å². The molecule has 1 aromatic heterocycles. The van der Waals surface area contributed by atoms with Gasteiger partial charge in [0, 0.05) is 141 Å². The van der Waals surface area contributed by atoms with Crippen LogP contribution in [0.3, 0.4) is 0 Å². The van der Waals surface area contributed by atoms with Gasteiger partial charge in [0.2, 0.25) is 58.6 Å². The molecule has 1 atom stereocenters. The van der Waals surface area contributed by atoms with Gasteiger partial charge in [0.15, 0.2) is 0 Å². The number of piperazine rings is 1. The number of carbonyl (C=O) groups is 10. The van der Waals surface area contributed by atoms with E-state index in [0.717, 1.165) is 31.7 Å². The maximum absolute atomic E-state index is 15.4. The maximum atomic E-state index is 15.4. The summed E-state index contributed by atoms with van der Waals surface area (Å²) in [7, 11) is 0. The van der Waals surface area contributed by atoms with E-state index < -0.39 is 46.1 Å².